The van der Waals surface area contributed by atoms with Crippen molar-refractivity contribution in [3.63, 3.8) is 0 Å². The van der Waals surface area contributed by atoms with Gasteiger partial charge in [-0.2, -0.15) is 0 Å². The molecule has 0 bridgehead atoms. The predicted molar refractivity (Wildman–Crippen MR) is 144 cm³/mol. The highest BCUT2D eigenvalue weighted by atomic mass is 16.2. The van der Waals surface area contributed by atoms with Crippen molar-refractivity contribution >= 4 is 16.8 Å². The monoisotopic (exact) mass is 474 g/mol. The Labute approximate surface area is 212 Å². The average molecular weight is 475 g/mol. The largest absolute Gasteiger partial charge is 0.339 e. The maximum absolute atomic E-state index is 11.9. The third-order valence-electron chi connectivity index (χ3n) is 7.76. The summed E-state index contributed by atoms with van der Waals surface area (Å²) < 4.78 is 0. The van der Waals surface area contributed by atoms with Gasteiger partial charge in [-0.25, -0.2) is 4.98 Å². The minimum absolute atomic E-state index is 0.0640. The molecule has 5 heteroatoms. The van der Waals surface area contributed by atoms with Crippen LogP contribution in [0.1, 0.15) is 18.4 Å². The Bertz CT molecular complexity index is 1400. The molecule has 2 aliphatic heterocycles. The zero-order valence-corrected chi connectivity index (χ0v) is 20.4. The van der Waals surface area contributed by atoms with E-state index in [4.69, 9.17) is 4.98 Å². The summed E-state index contributed by atoms with van der Waals surface area (Å²) in [6, 6.07) is 23.5. The predicted octanol–water partition coefficient (Wildman–Crippen LogP) is 5.57. The summed E-state index contributed by atoms with van der Waals surface area (Å²) in [6.45, 7) is 8.51. The number of piperidine rings is 1. The third-order valence-corrected chi connectivity index (χ3v) is 7.76. The lowest BCUT2D eigenvalue weighted by molar-refractivity contribution is -0.131. The number of rotatable bonds is 5. The van der Waals surface area contributed by atoms with E-state index in [0.717, 1.165) is 78.9 Å². The Morgan fingerprint density at radius 2 is 1.72 bits per heavy atom. The fourth-order valence-electron chi connectivity index (χ4n) is 5.76. The summed E-state index contributed by atoms with van der Waals surface area (Å²) in [6.07, 6.45) is 7.29. The second kappa shape index (κ2) is 9.32. The summed E-state index contributed by atoms with van der Waals surface area (Å²) in [5, 5.41) is 1.04. The molecule has 36 heavy (non-hydrogen) atoms. The van der Waals surface area contributed by atoms with Crippen LogP contribution in [0.2, 0.25) is 0 Å². The summed E-state index contributed by atoms with van der Waals surface area (Å²) >= 11 is 0. The minimum atomic E-state index is 0.0640. The van der Waals surface area contributed by atoms with Gasteiger partial charge in [0.2, 0.25) is 5.91 Å². The first-order valence-corrected chi connectivity index (χ1v) is 12.7. The zero-order chi connectivity index (χ0) is 24.5. The van der Waals surface area contributed by atoms with Gasteiger partial charge in [0.15, 0.2) is 0 Å². The molecule has 6 rings (SSSR count). The van der Waals surface area contributed by atoms with Crippen molar-refractivity contribution < 1.29 is 4.79 Å². The van der Waals surface area contributed by atoms with Gasteiger partial charge < -0.3 is 4.90 Å². The average Bonchev–Trinajstić information content (AvgIpc) is 2.92. The Kier molecular flexibility index (Phi) is 5.86. The molecule has 0 N–H and O–H groups in total. The summed E-state index contributed by atoms with van der Waals surface area (Å²) in [4.78, 5) is 25.7. The van der Waals surface area contributed by atoms with Gasteiger partial charge in [0.25, 0.3) is 0 Å². The van der Waals surface area contributed by atoms with Crippen molar-refractivity contribution in [3.8, 4) is 22.4 Å². The molecular weight excluding hydrogens is 444 g/mol. The lowest BCUT2D eigenvalue weighted by Gasteiger charge is -2.54. The molecule has 2 aromatic carbocycles. The van der Waals surface area contributed by atoms with Gasteiger partial charge in [0.1, 0.15) is 0 Å². The molecular formula is C31H30N4O. The van der Waals surface area contributed by atoms with E-state index >= 15 is 0 Å². The molecule has 180 valence electrons. The number of carbonyl (C=O) groups excluding carboxylic acids is 1. The van der Waals surface area contributed by atoms with Crippen LogP contribution in [-0.4, -0.2) is 51.9 Å². The van der Waals surface area contributed by atoms with Crippen LogP contribution in [0.4, 0.5) is 0 Å². The highest BCUT2D eigenvalue weighted by Gasteiger charge is 2.44. The van der Waals surface area contributed by atoms with Gasteiger partial charge in [-0.3, -0.25) is 14.7 Å². The van der Waals surface area contributed by atoms with Gasteiger partial charge in [-0.05, 0) is 47.6 Å². The number of nitrogens with zero attached hydrogens (tertiary/aromatic N) is 4. The van der Waals surface area contributed by atoms with Gasteiger partial charge in [0.05, 0.1) is 11.2 Å². The maximum Gasteiger partial charge on any atom is 0.245 e. The van der Waals surface area contributed by atoms with Crippen LogP contribution in [0.5, 0.6) is 0 Å². The Balaban J connectivity index is 1.17. The van der Waals surface area contributed by atoms with Crippen LogP contribution in [0.25, 0.3) is 33.3 Å². The zero-order valence-electron chi connectivity index (χ0n) is 20.4. The third kappa shape index (κ3) is 4.31. The van der Waals surface area contributed by atoms with Crippen molar-refractivity contribution in [1.82, 2.24) is 19.8 Å². The topological polar surface area (TPSA) is 49.3 Å². The lowest BCUT2D eigenvalue weighted by Crippen LogP contribution is -2.60. The highest BCUT2D eigenvalue weighted by molar-refractivity contribution is 5.91. The molecule has 2 aliphatic rings. The van der Waals surface area contributed by atoms with E-state index in [1.807, 2.05) is 23.2 Å². The van der Waals surface area contributed by atoms with E-state index in [9.17, 15) is 4.79 Å². The minimum Gasteiger partial charge on any atom is -0.339 e. The molecule has 5 nitrogen and oxygen atoms in total. The molecule has 0 radical (unpaired) electrons. The molecule has 2 fully saturated rings. The second-order valence-electron chi connectivity index (χ2n) is 10.2. The van der Waals surface area contributed by atoms with Gasteiger partial charge in [0, 0.05) is 61.6 Å². The molecule has 1 spiro atoms. The molecule has 0 aliphatic carbocycles. The van der Waals surface area contributed by atoms with Crippen molar-refractivity contribution in [3.05, 3.63) is 97.3 Å². The molecule has 2 saturated heterocycles. The maximum atomic E-state index is 11.9. The molecule has 0 saturated carbocycles. The van der Waals surface area contributed by atoms with E-state index in [-0.39, 0.29) is 5.91 Å². The molecule has 1 amide bonds. The summed E-state index contributed by atoms with van der Waals surface area (Å²) in [5.74, 6) is 0.0640. The van der Waals surface area contributed by atoms with E-state index in [2.05, 4.69) is 71.1 Å². The van der Waals surface area contributed by atoms with E-state index in [1.54, 1.807) is 6.20 Å². The number of likely N-dealkylation sites (tertiary alicyclic amines) is 2. The fraction of sp³-hybridized carbons (Fsp3) is 0.258. The normalized spacial score (nSPS) is 17.2. The Morgan fingerprint density at radius 1 is 0.972 bits per heavy atom. The number of aromatic nitrogens is 2. The van der Waals surface area contributed by atoms with Crippen molar-refractivity contribution in [2.45, 2.75) is 19.4 Å². The molecule has 0 unspecified atom stereocenters. The van der Waals surface area contributed by atoms with Crippen molar-refractivity contribution in [1.29, 1.82) is 0 Å². The van der Waals surface area contributed by atoms with Crippen LogP contribution >= 0.6 is 0 Å². The Morgan fingerprint density at radius 3 is 2.44 bits per heavy atom. The standard InChI is InChI=1S/C31H30N4O/c1-2-29(36)35-16-13-31(14-17-35)21-34(22-31)20-23-8-10-25(11-9-23)30-27(24-6-4-3-5-7-24)18-26-19-32-15-12-28(26)33-30/h2-12,15,18-19H,1,13-14,16-17,20-22H2. The first kappa shape index (κ1) is 22.6. The second-order valence-corrected chi connectivity index (χ2v) is 10.2. The van der Waals surface area contributed by atoms with Crippen LogP contribution in [0, 0.1) is 5.41 Å². The number of pyridine rings is 2. The molecule has 0 atom stereocenters. The quantitative estimate of drug-likeness (QED) is 0.355. The highest BCUT2D eigenvalue weighted by Crippen LogP contribution is 2.41. The van der Waals surface area contributed by atoms with Crippen LogP contribution in [-0.2, 0) is 11.3 Å². The smallest absolute Gasteiger partial charge is 0.245 e. The van der Waals surface area contributed by atoms with E-state index in [1.165, 1.54) is 11.6 Å². The number of hydrogen-bond donors (Lipinski definition) is 0. The van der Waals surface area contributed by atoms with Gasteiger partial charge in [-0.15, -0.1) is 0 Å². The Hall–Kier alpha value is -3.83. The number of benzene rings is 2. The van der Waals surface area contributed by atoms with E-state index in [0.29, 0.717) is 5.41 Å². The first-order chi connectivity index (χ1) is 17.6. The fourth-order valence-corrected chi connectivity index (χ4v) is 5.76. The van der Waals surface area contributed by atoms with Gasteiger partial charge in [-0.1, -0.05) is 61.2 Å². The molecule has 4 aromatic rings. The number of carbonyl (C=O) groups is 1. The van der Waals surface area contributed by atoms with Crippen molar-refractivity contribution in [2.75, 3.05) is 26.2 Å². The lowest BCUT2D eigenvalue weighted by atomic mass is 9.72. The number of fused-ring (bicyclic) bond motifs is 1. The number of amides is 1. The van der Waals surface area contributed by atoms with Crippen LogP contribution in [0.3, 0.4) is 0 Å². The van der Waals surface area contributed by atoms with Gasteiger partial charge >= 0.3 is 0 Å². The van der Waals surface area contributed by atoms with Crippen LogP contribution < -0.4 is 0 Å². The van der Waals surface area contributed by atoms with Crippen molar-refractivity contribution in [2.24, 2.45) is 5.41 Å². The van der Waals surface area contributed by atoms with Crippen LogP contribution in [0.15, 0.2) is 91.8 Å². The summed E-state index contributed by atoms with van der Waals surface area (Å²) in [7, 11) is 0. The molecule has 4 heterocycles. The summed E-state index contributed by atoms with van der Waals surface area (Å²) in [5.41, 5.74) is 7.04. The first-order valence-electron chi connectivity index (χ1n) is 12.7. The molecule has 2 aromatic heterocycles. The number of hydrogen-bond acceptors (Lipinski definition) is 4. The SMILES string of the molecule is C=CC(=O)N1CCC2(CC1)CN(Cc1ccc(-c3nc4ccncc4cc3-c3ccccc3)cc1)C2. The van der Waals surface area contributed by atoms with E-state index < -0.39 is 0 Å².